The third-order valence-corrected chi connectivity index (χ3v) is 4.31. The van der Waals surface area contributed by atoms with Crippen molar-refractivity contribution in [3.63, 3.8) is 0 Å². The third-order valence-electron chi connectivity index (χ3n) is 4.31. The molecule has 2 heterocycles. The molecule has 11 heteroatoms. The van der Waals surface area contributed by atoms with E-state index in [1.807, 2.05) is 0 Å². The summed E-state index contributed by atoms with van der Waals surface area (Å²) in [6, 6.07) is 0. The summed E-state index contributed by atoms with van der Waals surface area (Å²) in [6.45, 7) is 2.63. The van der Waals surface area contributed by atoms with E-state index < -0.39 is 67.0 Å². The van der Waals surface area contributed by atoms with Crippen LogP contribution in [0, 0.1) is 5.92 Å². The van der Waals surface area contributed by atoms with Crippen LogP contribution >= 0.6 is 0 Å². The molecule has 0 aromatic carbocycles. The molecular formula is C14H26O11. The van der Waals surface area contributed by atoms with Crippen molar-refractivity contribution in [3.8, 4) is 0 Å². The molecule has 25 heavy (non-hydrogen) atoms. The minimum atomic E-state index is -1.59. The molecule has 10 atom stereocenters. The van der Waals surface area contributed by atoms with Crippen LogP contribution in [0.4, 0.5) is 0 Å². The first kappa shape index (κ1) is 22.2. The smallest absolute Gasteiger partial charge is 0.335 e. The van der Waals surface area contributed by atoms with Gasteiger partial charge in [-0.25, -0.2) is 4.79 Å². The number of hydrogen-bond donors (Lipinski definition) is 8. The Labute approximate surface area is 143 Å². The highest BCUT2D eigenvalue weighted by molar-refractivity contribution is 5.73. The molecule has 0 bridgehead atoms. The highest BCUT2D eigenvalue weighted by atomic mass is 16.6. The second-order valence-corrected chi connectivity index (χ2v) is 6.13. The Morgan fingerprint density at radius 2 is 1.32 bits per heavy atom. The number of rotatable bonds is 2. The molecule has 2 saturated heterocycles. The maximum Gasteiger partial charge on any atom is 0.335 e. The van der Waals surface area contributed by atoms with Gasteiger partial charge in [0.2, 0.25) is 0 Å². The van der Waals surface area contributed by atoms with Crippen molar-refractivity contribution in [3.05, 3.63) is 0 Å². The fourth-order valence-electron chi connectivity index (χ4n) is 2.61. The monoisotopic (exact) mass is 370 g/mol. The fourth-order valence-corrected chi connectivity index (χ4v) is 2.61. The Bertz CT molecular complexity index is 419. The molecule has 0 spiro atoms. The van der Waals surface area contributed by atoms with Gasteiger partial charge in [0, 0.05) is 5.92 Å². The summed E-state index contributed by atoms with van der Waals surface area (Å²) in [4.78, 5) is 10.5. The summed E-state index contributed by atoms with van der Waals surface area (Å²) >= 11 is 0. The SMILES string of the molecule is CC1OC(C(=O)O)C(O)C(O)C1O.CC1OC(O)C(O)C(CO)C1O. The number of ether oxygens (including phenoxy) is 2. The standard InChI is InChI=1S/C7H12O6.C7H14O5/c1-2-3(8)4(9)5(10)6(13-2)7(11)12;1-3-5(9)4(2-8)6(10)7(11)12-3/h2-6,8-10H,1H3,(H,11,12);3-11H,2H2,1H3. The lowest BCUT2D eigenvalue weighted by atomic mass is 9.90. The fraction of sp³-hybridized carbons (Fsp3) is 0.929. The van der Waals surface area contributed by atoms with Crippen LogP contribution in [0.1, 0.15) is 13.8 Å². The van der Waals surface area contributed by atoms with Gasteiger partial charge in [-0.3, -0.25) is 0 Å². The van der Waals surface area contributed by atoms with Crippen molar-refractivity contribution >= 4 is 5.97 Å². The predicted octanol–water partition coefficient (Wildman–Crippen LogP) is -4.01. The van der Waals surface area contributed by atoms with E-state index >= 15 is 0 Å². The number of aliphatic hydroxyl groups is 7. The molecule has 0 amide bonds. The van der Waals surface area contributed by atoms with Crippen LogP contribution in [0.5, 0.6) is 0 Å². The quantitative estimate of drug-likeness (QED) is 0.236. The molecule has 2 aliphatic rings. The zero-order chi connectivity index (χ0) is 19.5. The number of aliphatic hydroxyl groups excluding tert-OH is 7. The number of carboxylic acid groups (broad SMARTS) is 1. The van der Waals surface area contributed by atoms with Crippen molar-refractivity contribution < 1.29 is 55.1 Å². The maximum atomic E-state index is 10.5. The molecule has 2 rings (SSSR count). The molecule has 10 unspecified atom stereocenters. The average molecular weight is 370 g/mol. The van der Waals surface area contributed by atoms with Crippen molar-refractivity contribution in [2.45, 2.75) is 69.0 Å². The summed E-state index contributed by atoms with van der Waals surface area (Å²) in [5, 5.41) is 72.6. The summed E-state index contributed by atoms with van der Waals surface area (Å²) in [7, 11) is 0. The maximum absolute atomic E-state index is 10.5. The van der Waals surface area contributed by atoms with Crippen LogP contribution in [-0.2, 0) is 14.3 Å². The molecule has 0 saturated carbocycles. The third kappa shape index (κ3) is 5.06. The van der Waals surface area contributed by atoms with E-state index in [4.69, 9.17) is 24.8 Å². The Hall–Kier alpha value is -0.890. The van der Waals surface area contributed by atoms with Crippen LogP contribution in [0.3, 0.4) is 0 Å². The summed E-state index contributed by atoms with van der Waals surface area (Å²) in [5.41, 5.74) is 0. The lowest BCUT2D eigenvalue weighted by Crippen LogP contribution is -2.58. The second kappa shape index (κ2) is 9.16. The van der Waals surface area contributed by atoms with E-state index in [2.05, 4.69) is 0 Å². The van der Waals surface area contributed by atoms with Gasteiger partial charge in [-0.05, 0) is 13.8 Å². The molecule has 0 aromatic rings. The summed E-state index contributed by atoms with van der Waals surface area (Å²) in [5.74, 6) is -2.09. The van der Waals surface area contributed by atoms with E-state index in [-0.39, 0.29) is 6.61 Å². The van der Waals surface area contributed by atoms with Crippen molar-refractivity contribution in [2.75, 3.05) is 6.61 Å². The first-order valence-electron chi connectivity index (χ1n) is 7.75. The van der Waals surface area contributed by atoms with Gasteiger partial charge in [-0.1, -0.05) is 0 Å². The normalized spacial score (nSPS) is 47.6. The number of carbonyl (C=O) groups is 1. The van der Waals surface area contributed by atoms with Crippen molar-refractivity contribution in [1.82, 2.24) is 0 Å². The molecule has 8 N–H and O–H groups in total. The minimum absolute atomic E-state index is 0.368. The minimum Gasteiger partial charge on any atom is -0.479 e. The lowest BCUT2D eigenvalue weighted by molar-refractivity contribution is -0.268. The second-order valence-electron chi connectivity index (χ2n) is 6.13. The zero-order valence-electron chi connectivity index (χ0n) is 13.8. The largest absolute Gasteiger partial charge is 0.479 e. The molecule has 2 aliphatic heterocycles. The first-order chi connectivity index (χ1) is 11.5. The van der Waals surface area contributed by atoms with Crippen LogP contribution < -0.4 is 0 Å². The van der Waals surface area contributed by atoms with Gasteiger partial charge >= 0.3 is 5.97 Å². The topological polar surface area (TPSA) is 197 Å². The molecule has 0 aliphatic carbocycles. The van der Waals surface area contributed by atoms with Gasteiger partial charge in [0.15, 0.2) is 12.4 Å². The van der Waals surface area contributed by atoms with E-state index in [1.165, 1.54) is 6.92 Å². The van der Waals surface area contributed by atoms with Crippen molar-refractivity contribution in [1.29, 1.82) is 0 Å². The Morgan fingerprint density at radius 3 is 1.80 bits per heavy atom. The Morgan fingerprint density at radius 1 is 0.800 bits per heavy atom. The molecule has 11 nitrogen and oxygen atoms in total. The summed E-state index contributed by atoms with van der Waals surface area (Å²) in [6.07, 6.45) is -10.7. The van der Waals surface area contributed by atoms with Gasteiger partial charge in [0.1, 0.15) is 24.4 Å². The number of hydrogen-bond acceptors (Lipinski definition) is 10. The van der Waals surface area contributed by atoms with E-state index in [1.54, 1.807) is 6.92 Å². The van der Waals surface area contributed by atoms with Gasteiger partial charge < -0.3 is 50.3 Å². The first-order valence-corrected chi connectivity index (χ1v) is 7.75. The van der Waals surface area contributed by atoms with Gasteiger partial charge in [-0.2, -0.15) is 0 Å². The van der Waals surface area contributed by atoms with Gasteiger partial charge in [0.25, 0.3) is 0 Å². The van der Waals surface area contributed by atoms with Gasteiger partial charge in [-0.15, -0.1) is 0 Å². The van der Waals surface area contributed by atoms with Crippen LogP contribution in [0.15, 0.2) is 0 Å². The Balaban J connectivity index is 0.000000251. The molecule has 148 valence electrons. The predicted molar refractivity (Wildman–Crippen MR) is 79.1 cm³/mol. The van der Waals surface area contributed by atoms with E-state index in [0.717, 1.165) is 0 Å². The lowest BCUT2D eigenvalue weighted by Gasteiger charge is -2.38. The van der Waals surface area contributed by atoms with Crippen LogP contribution in [0.25, 0.3) is 0 Å². The molecular weight excluding hydrogens is 344 g/mol. The van der Waals surface area contributed by atoms with Crippen LogP contribution in [0.2, 0.25) is 0 Å². The average Bonchev–Trinajstić information content (AvgIpc) is 2.55. The summed E-state index contributed by atoms with van der Waals surface area (Å²) < 4.78 is 9.57. The highest BCUT2D eigenvalue weighted by Gasteiger charge is 2.45. The number of carboxylic acids is 1. The number of aliphatic carboxylic acids is 1. The molecule has 0 radical (unpaired) electrons. The highest BCUT2D eigenvalue weighted by Crippen LogP contribution is 2.24. The van der Waals surface area contributed by atoms with Crippen LogP contribution in [-0.4, -0.2) is 109 Å². The molecule has 0 aromatic heterocycles. The van der Waals surface area contributed by atoms with E-state index in [0.29, 0.717) is 0 Å². The molecule has 2 fully saturated rings. The van der Waals surface area contributed by atoms with E-state index in [9.17, 15) is 30.3 Å². The van der Waals surface area contributed by atoms with Crippen molar-refractivity contribution in [2.24, 2.45) is 5.92 Å². The zero-order valence-corrected chi connectivity index (χ0v) is 13.8. The Kier molecular flexibility index (Phi) is 8.12. The van der Waals surface area contributed by atoms with Gasteiger partial charge in [0.05, 0.1) is 24.9 Å².